The molecule has 1 atom stereocenters. The Morgan fingerprint density at radius 2 is 1.88 bits per heavy atom. The van der Waals surface area contributed by atoms with Crippen molar-refractivity contribution in [1.82, 2.24) is 5.32 Å². The summed E-state index contributed by atoms with van der Waals surface area (Å²) in [6, 6.07) is 14.3. The average Bonchev–Trinajstić information content (AvgIpc) is 2.61. The molecule has 2 N–H and O–H groups in total. The first-order valence-corrected chi connectivity index (χ1v) is 7.75. The molecule has 0 spiro atoms. The first-order chi connectivity index (χ1) is 11.5. The minimum atomic E-state index is -0.996. The predicted octanol–water partition coefficient (Wildman–Crippen LogP) is 2.86. The average molecular weight is 327 g/mol. The summed E-state index contributed by atoms with van der Waals surface area (Å²) in [4.78, 5) is 23.2. The number of amides is 1. The van der Waals surface area contributed by atoms with Crippen molar-refractivity contribution in [2.24, 2.45) is 0 Å². The molecule has 1 amide bonds. The summed E-state index contributed by atoms with van der Waals surface area (Å²) >= 11 is 0. The number of carbonyl (C=O) groups excluding carboxylic acids is 1. The summed E-state index contributed by atoms with van der Waals surface area (Å²) in [6.07, 6.45) is 0.566. The number of ether oxygens (including phenoxy) is 1. The van der Waals surface area contributed by atoms with Crippen LogP contribution in [0.5, 0.6) is 5.75 Å². The van der Waals surface area contributed by atoms with E-state index in [2.05, 4.69) is 5.32 Å². The Kier molecular flexibility index (Phi) is 5.95. The quantitative estimate of drug-likeness (QED) is 0.820. The molecule has 0 aromatic heterocycles. The third-order valence-corrected chi connectivity index (χ3v) is 3.92. The molecule has 0 saturated carbocycles. The Hall–Kier alpha value is -2.82. The van der Waals surface area contributed by atoms with Crippen molar-refractivity contribution in [3.8, 4) is 5.75 Å². The van der Waals surface area contributed by atoms with Crippen LogP contribution < -0.4 is 10.1 Å². The summed E-state index contributed by atoms with van der Waals surface area (Å²) < 4.78 is 5.23. The molecule has 5 nitrogen and oxygen atoms in total. The van der Waals surface area contributed by atoms with Gasteiger partial charge < -0.3 is 15.2 Å². The molecule has 126 valence electrons. The van der Waals surface area contributed by atoms with Gasteiger partial charge in [-0.25, -0.2) is 4.79 Å². The topological polar surface area (TPSA) is 75.6 Å². The molecule has 1 unspecified atom stereocenters. The van der Waals surface area contributed by atoms with E-state index in [0.717, 1.165) is 11.1 Å². The maximum Gasteiger partial charge on any atom is 0.335 e. The van der Waals surface area contributed by atoms with Gasteiger partial charge in [0, 0.05) is 6.54 Å². The molecular formula is C19H21NO4. The van der Waals surface area contributed by atoms with Gasteiger partial charge in [-0.3, -0.25) is 4.79 Å². The molecule has 2 aromatic rings. The number of rotatable bonds is 7. The summed E-state index contributed by atoms with van der Waals surface area (Å²) in [5.41, 5.74) is 2.01. The molecule has 2 aromatic carbocycles. The van der Waals surface area contributed by atoms with Crippen molar-refractivity contribution in [1.29, 1.82) is 0 Å². The lowest BCUT2D eigenvalue weighted by Crippen LogP contribution is -2.29. The Labute approximate surface area is 141 Å². The van der Waals surface area contributed by atoms with Crippen LogP contribution >= 0.6 is 0 Å². The van der Waals surface area contributed by atoms with E-state index in [-0.39, 0.29) is 17.4 Å². The molecular weight excluding hydrogens is 306 g/mol. The van der Waals surface area contributed by atoms with Gasteiger partial charge in [-0.2, -0.15) is 0 Å². The molecule has 0 radical (unpaired) electrons. The minimum absolute atomic E-state index is 0.0395. The van der Waals surface area contributed by atoms with Crippen molar-refractivity contribution in [2.45, 2.75) is 19.3 Å². The maximum atomic E-state index is 12.2. The van der Waals surface area contributed by atoms with Gasteiger partial charge in [0.15, 0.2) is 0 Å². The Morgan fingerprint density at radius 3 is 2.50 bits per heavy atom. The summed E-state index contributed by atoms with van der Waals surface area (Å²) in [5, 5.41) is 11.9. The van der Waals surface area contributed by atoms with E-state index in [1.165, 1.54) is 19.2 Å². The van der Waals surface area contributed by atoms with Crippen molar-refractivity contribution < 1.29 is 19.4 Å². The normalized spacial score (nSPS) is 11.6. The highest BCUT2D eigenvalue weighted by atomic mass is 16.5. The number of carboxylic acid groups (broad SMARTS) is 1. The van der Waals surface area contributed by atoms with Crippen LogP contribution in [0, 0.1) is 0 Å². The van der Waals surface area contributed by atoms with Crippen molar-refractivity contribution >= 4 is 11.9 Å². The number of methoxy groups -OCH3 is 1. The number of nitrogens with one attached hydrogen (secondary N) is 1. The lowest BCUT2D eigenvalue weighted by molar-refractivity contribution is -0.122. The zero-order valence-corrected chi connectivity index (χ0v) is 13.8. The Balaban J connectivity index is 1.94. The fourth-order valence-corrected chi connectivity index (χ4v) is 2.45. The van der Waals surface area contributed by atoms with E-state index in [4.69, 9.17) is 9.84 Å². The van der Waals surface area contributed by atoms with Gasteiger partial charge >= 0.3 is 5.97 Å². The summed E-state index contributed by atoms with van der Waals surface area (Å²) in [6.45, 7) is 2.33. The molecule has 0 bridgehead atoms. The molecule has 0 aliphatic carbocycles. The maximum absolute atomic E-state index is 12.2. The second-order valence-electron chi connectivity index (χ2n) is 5.51. The van der Waals surface area contributed by atoms with Gasteiger partial charge in [-0.1, -0.05) is 36.4 Å². The largest absolute Gasteiger partial charge is 0.496 e. The SMILES string of the molecule is COc1cc(C(=O)O)ccc1CCNC(=O)C(C)c1ccccc1. The molecule has 0 aliphatic rings. The second-order valence-corrected chi connectivity index (χ2v) is 5.51. The van der Waals surface area contributed by atoms with Crippen LogP contribution in [-0.2, 0) is 11.2 Å². The van der Waals surface area contributed by atoms with E-state index in [9.17, 15) is 9.59 Å². The van der Waals surface area contributed by atoms with Gasteiger partial charge in [0.25, 0.3) is 0 Å². The zero-order valence-electron chi connectivity index (χ0n) is 13.8. The minimum Gasteiger partial charge on any atom is -0.496 e. The van der Waals surface area contributed by atoms with Crippen LogP contribution in [-0.4, -0.2) is 30.6 Å². The monoisotopic (exact) mass is 327 g/mol. The number of carboxylic acids is 1. The van der Waals surface area contributed by atoms with Crippen molar-refractivity contribution in [2.75, 3.05) is 13.7 Å². The standard InChI is InChI=1S/C19H21NO4/c1-13(14-6-4-3-5-7-14)18(21)20-11-10-15-8-9-16(19(22)23)12-17(15)24-2/h3-9,12-13H,10-11H2,1-2H3,(H,20,21)(H,22,23). The Morgan fingerprint density at radius 1 is 1.17 bits per heavy atom. The van der Waals surface area contributed by atoms with Crippen LogP contribution in [0.15, 0.2) is 48.5 Å². The molecule has 0 saturated heterocycles. The smallest absolute Gasteiger partial charge is 0.335 e. The van der Waals surface area contributed by atoms with Gasteiger partial charge in [0.1, 0.15) is 5.75 Å². The predicted molar refractivity (Wildman–Crippen MR) is 91.5 cm³/mol. The van der Waals surface area contributed by atoms with Crippen molar-refractivity contribution in [3.63, 3.8) is 0 Å². The lowest BCUT2D eigenvalue weighted by Gasteiger charge is -2.13. The van der Waals surface area contributed by atoms with Crippen LogP contribution in [0.4, 0.5) is 0 Å². The molecule has 5 heteroatoms. The third-order valence-electron chi connectivity index (χ3n) is 3.92. The fraction of sp³-hybridized carbons (Fsp3) is 0.263. The van der Waals surface area contributed by atoms with Gasteiger partial charge in [-0.15, -0.1) is 0 Å². The zero-order chi connectivity index (χ0) is 17.5. The van der Waals surface area contributed by atoms with Crippen LogP contribution in [0.1, 0.15) is 34.3 Å². The first kappa shape index (κ1) is 17.5. The van der Waals surface area contributed by atoms with E-state index in [0.29, 0.717) is 18.7 Å². The number of aromatic carboxylic acids is 1. The molecule has 0 fully saturated rings. The number of hydrogen-bond donors (Lipinski definition) is 2. The van der Waals surface area contributed by atoms with Gasteiger partial charge in [0.05, 0.1) is 18.6 Å². The van der Waals surface area contributed by atoms with E-state index >= 15 is 0 Å². The number of benzene rings is 2. The van der Waals surface area contributed by atoms with Crippen LogP contribution in [0.25, 0.3) is 0 Å². The van der Waals surface area contributed by atoms with Crippen molar-refractivity contribution in [3.05, 3.63) is 65.2 Å². The Bertz CT molecular complexity index is 713. The third kappa shape index (κ3) is 4.35. The molecule has 0 heterocycles. The highest BCUT2D eigenvalue weighted by Crippen LogP contribution is 2.21. The molecule has 24 heavy (non-hydrogen) atoms. The second kappa shape index (κ2) is 8.15. The molecule has 2 rings (SSSR count). The van der Waals surface area contributed by atoms with Crippen LogP contribution in [0.2, 0.25) is 0 Å². The highest BCUT2D eigenvalue weighted by molar-refractivity contribution is 5.88. The van der Waals surface area contributed by atoms with E-state index < -0.39 is 5.97 Å². The first-order valence-electron chi connectivity index (χ1n) is 7.75. The highest BCUT2D eigenvalue weighted by Gasteiger charge is 2.15. The number of carbonyl (C=O) groups is 2. The summed E-state index contributed by atoms with van der Waals surface area (Å²) in [7, 11) is 1.50. The lowest BCUT2D eigenvalue weighted by atomic mass is 10.0. The number of hydrogen-bond acceptors (Lipinski definition) is 3. The van der Waals surface area contributed by atoms with Crippen LogP contribution in [0.3, 0.4) is 0 Å². The van der Waals surface area contributed by atoms with Gasteiger partial charge in [-0.05, 0) is 36.6 Å². The fourth-order valence-electron chi connectivity index (χ4n) is 2.45. The summed E-state index contributed by atoms with van der Waals surface area (Å²) in [5.74, 6) is -0.741. The molecule has 0 aliphatic heterocycles. The van der Waals surface area contributed by atoms with E-state index in [1.807, 2.05) is 37.3 Å². The van der Waals surface area contributed by atoms with Gasteiger partial charge in [0.2, 0.25) is 5.91 Å². The van der Waals surface area contributed by atoms with E-state index in [1.54, 1.807) is 6.07 Å².